The summed E-state index contributed by atoms with van der Waals surface area (Å²) in [5, 5.41) is 12.3. The van der Waals surface area contributed by atoms with Crippen molar-refractivity contribution in [2.45, 2.75) is 13.5 Å². The van der Waals surface area contributed by atoms with Crippen LogP contribution in [-0.4, -0.2) is 53.7 Å². The highest BCUT2D eigenvalue weighted by Crippen LogP contribution is 2.19. The number of halogens is 2. The molecular formula is C21H19F2N7O. The van der Waals surface area contributed by atoms with E-state index >= 15 is 0 Å². The lowest BCUT2D eigenvalue weighted by molar-refractivity contribution is 0.0756. The molecule has 0 radical (unpaired) electrons. The number of hydrogen-bond donors (Lipinski definition) is 0. The number of hydrogen-bond acceptors (Lipinski definition) is 5. The number of benzene rings is 1. The quantitative estimate of drug-likeness (QED) is 0.457. The van der Waals surface area contributed by atoms with Crippen molar-refractivity contribution in [3.8, 4) is 17.1 Å². The van der Waals surface area contributed by atoms with Gasteiger partial charge in [-0.15, -0.1) is 4.80 Å². The van der Waals surface area contributed by atoms with Crippen LogP contribution in [0.3, 0.4) is 0 Å². The Morgan fingerprint density at radius 1 is 1.06 bits per heavy atom. The minimum Gasteiger partial charge on any atom is -0.337 e. The summed E-state index contributed by atoms with van der Waals surface area (Å²) in [4.78, 5) is 19.9. The van der Waals surface area contributed by atoms with Gasteiger partial charge in [-0.05, 0) is 37.3 Å². The van der Waals surface area contributed by atoms with E-state index in [-0.39, 0.29) is 17.2 Å². The minimum atomic E-state index is -0.582. The largest absolute Gasteiger partial charge is 0.337 e. The lowest BCUT2D eigenvalue weighted by Gasteiger charge is -2.22. The summed E-state index contributed by atoms with van der Waals surface area (Å²) < 4.78 is 29.2. The molecule has 0 fully saturated rings. The van der Waals surface area contributed by atoms with E-state index in [1.165, 1.54) is 30.6 Å². The van der Waals surface area contributed by atoms with Crippen molar-refractivity contribution >= 4 is 5.91 Å². The second-order valence-electron chi connectivity index (χ2n) is 6.67. The van der Waals surface area contributed by atoms with Crippen molar-refractivity contribution in [2.75, 3.05) is 13.1 Å². The van der Waals surface area contributed by atoms with E-state index in [4.69, 9.17) is 0 Å². The Morgan fingerprint density at radius 2 is 1.87 bits per heavy atom. The number of amides is 1. The molecule has 8 nitrogen and oxygen atoms in total. The van der Waals surface area contributed by atoms with Gasteiger partial charge >= 0.3 is 0 Å². The first-order valence-corrected chi connectivity index (χ1v) is 9.66. The maximum absolute atomic E-state index is 14.5. The summed E-state index contributed by atoms with van der Waals surface area (Å²) in [6.07, 6.45) is 5.74. The minimum absolute atomic E-state index is 0.0136. The molecule has 0 unspecified atom stereocenters. The summed E-state index contributed by atoms with van der Waals surface area (Å²) >= 11 is 0. The Kier molecular flexibility index (Phi) is 5.78. The van der Waals surface area contributed by atoms with E-state index in [1.807, 2.05) is 6.92 Å². The van der Waals surface area contributed by atoms with E-state index < -0.39 is 11.6 Å². The van der Waals surface area contributed by atoms with Crippen molar-refractivity contribution in [3.63, 3.8) is 0 Å². The highest BCUT2D eigenvalue weighted by Gasteiger charge is 2.22. The van der Waals surface area contributed by atoms with E-state index in [1.54, 1.807) is 34.0 Å². The monoisotopic (exact) mass is 423 g/mol. The zero-order chi connectivity index (χ0) is 21.8. The number of nitrogens with zero attached hydrogens (tertiary/aromatic N) is 7. The van der Waals surface area contributed by atoms with Gasteiger partial charge in [-0.3, -0.25) is 14.5 Å². The number of aromatic nitrogens is 6. The molecule has 0 N–H and O–H groups in total. The number of rotatable bonds is 7. The predicted octanol–water partition coefficient (Wildman–Crippen LogP) is 2.97. The highest BCUT2D eigenvalue weighted by molar-refractivity contribution is 5.97. The highest BCUT2D eigenvalue weighted by atomic mass is 19.1. The van der Waals surface area contributed by atoms with Crippen LogP contribution in [0.25, 0.3) is 17.1 Å². The van der Waals surface area contributed by atoms with Gasteiger partial charge in [0.25, 0.3) is 5.91 Å². The number of para-hydroxylation sites is 1. The van der Waals surface area contributed by atoms with Crippen LogP contribution < -0.4 is 0 Å². The predicted molar refractivity (Wildman–Crippen MR) is 108 cm³/mol. The fourth-order valence-electron chi connectivity index (χ4n) is 3.17. The number of carbonyl (C=O) groups is 1. The second kappa shape index (κ2) is 8.82. The molecule has 3 heterocycles. The van der Waals surface area contributed by atoms with Crippen LogP contribution in [-0.2, 0) is 6.54 Å². The zero-order valence-corrected chi connectivity index (χ0v) is 16.7. The van der Waals surface area contributed by atoms with Crippen molar-refractivity contribution in [1.29, 1.82) is 0 Å². The molecule has 0 atom stereocenters. The van der Waals surface area contributed by atoms with Crippen molar-refractivity contribution < 1.29 is 13.6 Å². The van der Waals surface area contributed by atoms with Gasteiger partial charge in [0.2, 0.25) is 0 Å². The molecule has 0 aliphatic carbocycles. The fraction of sp³-hybridized carbons (Fsp3) is 0.190. The van der Waals surface area contributed by atoms with Crippen LogP contribution in [0.4, 0.5) is 8.78 Å². The van der Waals surface area contributed by atoms with Gasteiger partial charge in [0.1, 0.15) is 17.2 Å². The van der Waals surface area contributed by atoms with Crippen LogP contribution in [0.1, 0.15) is 17.3 Å². The first kappa shape index (κ1) is 20.3. The molecule has 0 bridgehead atoms. The molecule has 0 saturated carbocycles. The summed E-state index contributed by atoms with van der Waals surface area (Å²) in [5.41, 5.74) is 1.35. The molecule has 0 aliphatic rings. The van der Waals surface area contributed by atoms with Crippen molar-refractivity contribution in [1.82, 2.24) is 34.7 Å². The standard InChI is InChI=1S/C21H19F2N7O/c1-2-28(12-13-29-11-8-19(27-29)18-7-6-15(22)14-24-18)21(31)16-4-3-5-17(23)20(16)30-25-9-10-26-30/h3-11,14H,2,12-13H2,1H3. The molecule has 1 amide bonds. The maximum atomic E-state index is 14.5. The summed E-state index contributed by atoms with van der Waals surface area (Å²) in [6.45, 7) is 3.05. The van der Waals surface area contributed by atoms with Crippen LogP contribution in [0.5, 0.6) is 0 Å². The number of pyridine rings is 1. The number of carbonyl (C=O) groups excluding carboxylic acids is 1. The van der Waals surface area contributed by atoms with Crippen molar-refractivity contribution in [3.05, 3.63) is 78.4 Å². The molecular weight excluding hydrogens is 404 g/mol. The van der Waals surface area contributed by atoms with Crippen LogP contribution >= 0.6 is 0 Å². The van der Waals surface area contributed by atoms with E-state index in [0.29, 0.717) is 31.0 Å². The van der Waals surface area contributed by atoms with Gasteiger partial charge in [0.05, 0.1) is 36.4 Å². The van der Waals surface area contributed by atoms with Gasteiger partial charge in [-0.1, -0.05) is 6.07 Å². The molecule has 0 saturated heterocycles. The Labute approximate surface area is 176 Å². The molecule has 31 heavy (non-hydrogen) atoms. The first-order valence-electron chi connectivity index (χ1n) is 9.66. The molecule has 1 aromatic carbocycles. The Balaban J connectivity index is 1.50. The van der Waals surface area contributed by atoms with Gasteiger partial charge in [0, 0.05) is 19.3 Å². The molecule has 0 aliphatic heterocycles. The molecule has 4 aromatic rings. The Morgan fingerprint density at radius 3 is 2.58 bits per heavy atom. The molecule has 4 rings (SSSR count). The Bertz CT molecular complexity index is 1170. The third-order valence-electron chi connectivity index (χ3n) is 4.73. The lowest BCUT2D eigenvalue weighted by Crippen LogP contribution is -2.34. The zero-order valence-electron chi connectivity index (χ0n) is 16.7. The van der Waals surface area contributed by atoms with Gasteiger partial charge < -0.3 is 4.90 Å². The van der Waals surface area contributed by atoms with Crippen LogP contribution in [0, 0.1) is 11.6 Å². The maximum Gasteiger partial charge on any atom is 0.256 e. The first-order chi connectivity index (χ1) is 15.1. The number of likely N-dealkylation sites (N-methyl/N-ethyl adjacent to an activating group) is 1. The smallest absolute Gasteiger partial charge is 0.256 e. The molecule has 10 heteroatoms. The van der Waals surface area contributed by atoms with E-state index in [2.05, 4.69) is 20.3 Å². The molecule has 0 spiro atoms. The van der Waals surface area contributed by atoms with Gasteiger partial charge in [-0.2, -0.15) is 15.3 Å². The average Bonchev–Trinajstić information content (AvgIpc) is 3.47. The van der Waals surface area contributed by atoms with Crippen LogP contribution in [0.2, 0.25) is 0 Å². The summed E-state index contributed by atoms with van der Waals surface area (Å²) in [7, 11) is 0. The van der Waals surface area contributed by atoms with Gasteiger partial charge in [-0.25, -0.2) is 8.78 Å². The van der Waals surface area contributed by atoms with Crippen LogP contribution in [0.15, 0.2) is 61.2 Å². The average molecular weight is 423 g/mol. The van der Waals surface area contributed by atoms with E-state index in [9.17, 15) is 13.6 Å². The second-order valence-corrected chi connectivity index (χ2v) is 6.67. The lowest BCUT2D eigenvalue weighted by atomic mass is 10.1. The topological polar surface area (TPSA) is 81.7 Å². The third kappa shape index (κ3) is 4.32. The third-order valence-corrected chi connectivity index (χ3v) is 4.73. The summed E-state index contributed by atoms with van der Waals surface area (Å²) in [5.74, 6) is -1.33. The molecule has 3 aromatic heterocycles. The van der Waals surface area contributed by atoms with Crippen molar-refractivity contribution in [2.24, 2.45) is 0 Å². The Hall–Kier alpha value is -3.95. The SMILES string of the molecule is CCN(CCn1ccc(-c2ccc(F)cn2)n1)C(=O)c1cccc(F)c1-n1nccn1. The van der Waals surface area contributed by atoms with E-state index in [0.717, 1.165) is 11.0 Å². The molecule has 158 valence electrons. The normalized spacial score (nSPS) is 10.9. The van der Waals surface area contributed by atoms with Gasteiger partial charge in [0.15, 0.2) is 5.82 Å². The summed E-state index contributed by atoms with van der Waals surface area (Å²) in [6, 6.07) is 8.95. The fourth-order valence-corrected chi connectivity index (χ4v) is 3.17.